The van der Waals surface area contributed by atoms with Crippen LogP contribution in [0.3, 0.4) is 0 Å². The summed E-state index contributed by atoms with van der Waals surface area (Å²) in [5, 5.41) is 1.12. The van der Waals surface area contributed by atoms with E-state index in [0.717, 1.165) is 51.3 Å². The molecule has 5 aromatic rings. The summed E-state index contributed by atoms with van der Waals surface area (Å²) in [4.78, 5) is 22.6. The molecule has 32 heavy (non-hydrogen) atoms. The number of hydrogen-bond donors (Lipinski definition) is 1. The number of fused-ring (bicyclic) bond motifs is 3. The minimum Gasteiger partial charge on any atom is -0.326 e. The van der Waals surface area contributed by atoms with E-state index in [1.165, 1.54) is 12.8 Å². The molecule has 0 amide bonds. The molecule has 0 aliphatic heterocycles. The Hall–Kier alpha value is -3.71. The Morgan fingerprint density at radius 2 is 1.97 bits per heavy atom. The van der Waals surface area contributed by atoms with Crippen molar-refractivity contribution in [3.63, 3.8) is 0 Å². The molecule has 0 bridgehead atoms. The third-order valence-electron chi connectivity index (χ3n) is 6.86. The van der Waals surface area contributed by atoms with E-state index < -0.39 is 0 Å². The summed E-state index contributed by atoms with van der Waals surface area (Å²) in [6, 6.07) is 12.0. The molecule has 0 saturated heterocycles. The highest BCUT2D eigenvalue weighted by molar-refractivity contribution is 5.99. The molecule has 4 heterocycles. The number of nitrogens with zero attached hydrogens (tertiary/aromatic N) is 5. The van der Waals surface area contributed by atoms with Crippen molar-refractivity contribution < 1.29 is 4.79 Å². The number of imidazole rings is 1. The van der Waals surface area contributed by atoms with Crippen LogP contribution in [0.15, 0.2) is 55.0 Å². The Labute approximate surface area is 184 Å². The van der Waals surface area contributed by atoms with Crippen molar-refractivity contribution in [1.82, 2.24) is 23.7 Å². The Kier molecular flexibility index (Phi) is 3.45. The van der Waals surface area contributed by atoms with Crippen LogP contribution in [0.1, 0.15) is 40.4 Å². The zero-order chi connectivity index (χ0) is 21.6. The molecule has 0 radical (unpaired) electrons. The van der Waals surface area contributed by atoms with Crippen molar-refractivity contribution in [3.8, 4) is 11.5 Å². The molecule has 0 unspecified atom stereocenters. The fourth-order valence-corrected chi connectivity index (χ4v) is 4.77. The van der Waals surface area contributed by atoms with Crippen LogP contribution in [0.4, 0.5) is 0 Å². The van der Waals surface area contributed by atoms with Crippen molar-refractivity contribution in [2.45, 2.75) is 25.4 Å². The molecule has 7 heteroatoms. The van der Waals surface area contributed by atoms with Gasteiger partial charge in [-0.2, -0.15) is 0 Å². The van der Waals surface area contributed by atoms with Crippen molar-refractivity contribution >= 4 is 28.0 Å². The number of aromatic nitrogens is 5. The van der Waals surface area contributed by atoms with E-state index in [4.69, 9.17) is 10.7 Å². The summed E-state index contributed by atoms with van der Waals surface area (Å²) in [5.74, 6) is 1.54. The van der Waals surface area contributed by atoms with Crippen molar-refractivity contribution in [2.24, 2.45) is 18.7 Å². The second kappa shape index (κ2) is 6.17. The Bertz CT molecular complexity index is 1540. The van der Waals surface area contributed by atoms with Gasteiger partial charge in [0, 0.05) is 43.1 Å². The topological polar surface area (TPSA) is 83.7 Å². The van der Waals surface area contributed by atoms with Crippen LogP contribution in [-0.2, 0) is 13.6 Å². The van der Waals surface area contributed by atoms with Gasteiger partial charge in [-0.05, 0) is 66.3 Å². The third-order valence-corrected chi connectivity index (χ3v) is 6.86. The predicted octanol–water partition coefficient (Wildman–Crippen LogP) is 3.85. The maximum Gasteiger partial charge on any atom is 0.261 e. The molecule has 0 spiro atoms. The van der Waals surface area contributed by atoms with Gasteiger partial charge in [0.1, 0.15) is 5.65 Å². The minimum absolute atomic E-state index is 0.0109. The van der Waals surface area contributed by atoms with Gasteiger partial charge >= 0.3 is 0 Å². The van der Waals surface area contributed by atoms with Crippen LogP contribution in [0.5, 0.6) is 0 Å². The van der Waals surface area contributed by atoms with Crippen LogP contribution >= 0.6 is 0 Å². The summed E-state index contributed by atoms with van der Waals surface area (Å²) >= 11 is 0. The van der Waals surface area contributed by atoms with E-state index >= 15 is 0 Å². The Morgan fingerprint density at radius 1 is 1.16 bits per heavy atom. The number of aryl methyl sites for hydroxylation is 1. The summed E-state index contributed by atoms with van der Waals surface area (Å²) in [6.45, 7) is 0.962. The van der Waals surface area contributed by atoms with Gasteiger partial charge in [0.25, 0.3) is 5.91 Å². The lowest BCUT2D eigenvalue weighted by Gasteiger charge is -2.09. The standard InChI is InChI=1S/C25H22N6O/c1-29-20-7-6-16(25(32)30-12-17-18(13-30)22(17)26)9-19(20)28-24(29)21-10-15-3-2-8-27-23(15)31(21)11-14-4-5-14/h2-3,6-10,12-14,22H,4-5,11,26H2,1H3. The van der Waals surface area contributed by atoms with Gasteiger partial charge in [-0.15, -0.1) is 0 Å². The molecule has 158 valence electrons. The van der Waals surface area contributed by atoms with Crippen LogP contribution in [0.2, 0.25) is 0 Å². The van der Waals surface area contributed by atoms with Gasteiger partial charge in [0.15, 0.2) is 5.82 Å². The third kappa shape index (κ3) is 2.54. The van der Waals surface area contributed by atoms with E-state index in [0.29, 0.717) is 11.5 Å². The summed E-state index contributed by atoms with van der Waals surface area (Å²) < 4.78 is 6.03. The fraction of sp³-hybridized carbons (Fsp3) is 0.240. The first-order chi connectivity index (χ1) is 15.6. The number of pyridine rings is 1. The zero-order valence-corrected chi connectivity index (χ0v) is 17.7. The van der Waals surface area contributed by atoms with Gasteiger partial charge in [0.05, 0.1) is 22.8 Å². The molecule has 2 aliphatic rings. The SMILES string of the molecule is Cn1c(-c2cc3cccnc3n2CC2CC2)nc2cc(C(=O)n3cc4c(c3)C4N)ccc21. The average molecular weight is 422 g/mol. The number of carbonyl (C=O) groups excluding carboxylic acids is 1. The quantitative estimate of drug-likeness (QED) is 0.477. The van der Waals surface area contributed by atoms with Gasteiger partial charge < -0.3 is 14.9 Å². The van der Waals surface area contributed by atoms with E-state index in [1.54, 1.807) is 4.57 Å². The second-order valence-corrected chi connectivity index (χ2v) is 9.06. The van der Waals surface area contributed by atoms with Gasteiger partial charge in [0.2, 0.25) is 0 Å². The molecule has 1 saturated carbocycles. The van der Waals surface area contributed by atoms with E-state index in [2.05, 4.69) is 26.3 Å². The molecule has 1 fully saturated rings. The van der Waals surface area contributed by atoms with Crippen LogP contribution in [0, 0.1) is 5.92 Å². The van der Waals surface area contributed by atoms with Gasteiger partial charge in [-0.3, -0.25) is 9.36 Å². The lowest BCUT2D eigenvalue weighted by Crippen LogP contribution is -2.11. The largest absolute Gasteiger partial charge is 0.326 e. The Balaban J connectivity index is 1.33. The van der Waals surface area contributed by atoms with E-state index in [1.807, 2.05) is 49.9 Å². The number of benzene rings is 1. The molecule has 7 rings (SSSR count). The number of nitrogens with two attached hydrogens (primary N) is 1. The molecule has 7 nitrogen and oxygen atoms in total. The molecule has 1 aromatic carbocycles. The lowest BCUT2D eigenvalue weighted by molar-refractivity contribution is 0.0960. The molecule has 2 aliphatic carbocycles. The summed E-state index contributed by atoms with van der Waals surface area (Å²) in [5.41, 5.74) is 12.5. The minimum atomic E-state index is -0.0643. The van der Waals surface area contributed by atoms with E-state index in [-0.39, 0.29) is 11.9 Å². The van der Waals surface area contributed by atoms with Gasteiger partial charge in [-0.1, -0.05) is 0 Å². The highest BCUT2D eigenvalue weighted by Crippen LogP contribution is 2.39. The summed E-state index contributed by atoms with van der Waals surface area (Å²) in [6.07, 6.45) is 8.06. The zero-order valence-electron chi connectivity index (χ0n) is 17.7. The molecular formula is C25H22N6O. The van der Waals surface area contributed by atoms with E-state index in [9.17, 15) is 4.79 Å². The predicted molar refractivity (Wildman–Crippen MR) is 122 cm³/mol. The Morgan fingerprint density at radius 3 is 2.75 bits per heavy atom. The van der Waals surface area contributed by atoms with Crippen LogP contribution in [0.25, 0.3) is 33.6 Å². The maximum absolute atomic E-state index is 13.0. The fourth-order valence-electron chi connectivity index (χ4n) is 4.77. The summed E-state index contributed by atoms with van der Waals surface area (Å²) in [7, 11) is 2.03. The highest BCUT2D eigenvalue weighted by Gasteiger charge is 2.32. The van der Waals surface area contributed by atoms with Crippen molar-refractivity contribution in [1.29, 1.82) is 0 Å². The molecule has 2 N–H and O–H groups in total. The number of rotatable bonds is 4. The normalized spacial score (nSPS) is 15.6. The molecular weight excluding hydrogens is 400 g/mol. The first kappa shape index (κ1) is 17.9. The maximum atomic E-state index is 13.0. The first-order valence-electron chi connectivity index (χ1n) is 11.0. The van der Waals surface area contributed by atoms with Gasteiger partial charge in [-0.25, -0.2) is 9.97 Å². The monoisotopic (exact) mass is 422 g/mol. The highest BCUT2D eigenvalue weighted by atomic mass is 16.2. The van der Waals surface area contributed by atoms with Crippen molar-refractivity contribution in [2.75, 3.05) is 0 Å². The lowest BCUT2D eigenvalue weighted by atomic mass is 10.2. The number of carbonyl (C=O) groups is 1. The first-order valence-corrected chi connectivity index (χ1v) is 11.0. The molecule has 0 atom stereocenters. The van der Waals surface area contributed by atoms with Crippen LogP contribution in [-0.4, -0.2) is 29.6 Å². The average Bonchev–Trinajstić information content (AvgIpc) is 3.56. The number of hydrogen-bond acceptors (Lipinski definition) is 4. The smallest absolute Gasteiger partial charge is 0.261 e. The molecule has 4 aromatic heterocycles. The van der Waals surface area contributed by atoms with Crippen LogP contribution < -0.4 is 5.73 Å². The van der Waals surface area contributed by atoms with Crippen molar-refractivity contribution in [3.05, 3.63) is 71.7 Å². The second-order valence-electron chi connectivity index (χ2n) is 9.06.